The molecule has 206 valence electrons. The van der Waals surface area contributed by atoms with Crippen molar-refractivity contribution in [2.45, 2.75) is 38.8 Å². The van der Waals surface area contributed by atoms with Crippen molar-refractivity contribution in [3.63, 3.8) is 0 Å². The van der Waals surface area contributed by atoms with Gasteiger partial charge in [-0.15, -0.1) is 0 Å². The van der Waals surface area contributed by atoms with Crippen molar-refractivity contribution in [3.8, 4) is 0 Å². The van der Waals surface area contributed by atoms with Gasteiger partial charge in [-0.2, -0.15) is 0 Å². The molecule has 0 atom stereocenters. The molecule has 8 heteroatoms. The van der Waals surface area contributed by atoms with E-state index in [-0.39, 0.29) is 0 Å². The Balaban J connectivity index is 1.45. The van der Waals surface area contributed by atoms with E-state index >= 15 is 0 Å². The second-order valence-corrected chi connectivity index (χ2v) is 10.3. The third-order valence-corrected chi connectivity index (χ3v) is 7.06. The number of hydrogen-bond donors (Lipinski definition) is 6. The van der Waals surface area contributed by atoms with E-state index in [2.05, 4.69) is 66.0 Å². The Labute approximate surface area is 220 Å². The summed E-state index contributed by atoms with van der Waals surface area (Å²) in [5, 5.41) is 21.3. The first kappa shape index (κ1) is 29.5. The van der Waals surface area contributed by atoms with Crippen molar-refractivity contribution in [2.75, 3.05) is 105 Å². The fourth-order valence-corrected chi connectivity index (χ4v) is 4.97. The van der Waals surface area contributed by atoms with Gasteiger partial charge in [0.1, 0.15) is 0 Å². The van der Waals surface area contributed by atoms with Gasteiger partial charge in [-0.05, 0) is 89.2 Å². The molecule has 0 radical (unpaired) electrons. The molecule has 8 nitrogen and oxygen atoms in total. The van der Waals surface area contributed by atoms with Gasteiger partial charge >= 0.3 is 0 Å². The lowest BCUT2D eigenvalue weighted by Gasteiger charge is -2.24. The third-order valence-electron chi connectivity index (χ3n) is 7.06. The van der Waals surface area contributed by atoms with Crippen LogP contribution in [-0.4, -0.2) is 115 Å². The molecule has 6 N–H and O–H groups in total. The van der Waals surface area contributed by atoms with E-state index in [1.165, 1.54) is 36.8 Å². The number of rotatable bonds is 4. The maximum absolute atomic E-state index is 3.57. The van der Waals surface area contributed by atoms with Crippen molar-refractivity contribution in [2.24, 2.45) is 0 Å². The van der Waals surface area contributed by atoms with Crippen molar-refractivity contribution in [1.82, 2.24) is 41.7 Å². The quantitative estimate of drug-likeness (QED) is 0.354. The van der Waals surface area contributed by atoms with Crippen LogP contribution in [0.2, 0.25) is 0 Å². The summed E-state index contributed by atoms with van der Waals surface area (Å²) in [6.45, 7) is 19.6. The summed E-state index contributed by atoms with van der Waals surface area (Å²) in [4.78, 5) is 5.28. The molecule has 36 heavy (non-hydrogen) atoms. The standard InChI is InChI=1S/C28H54N8/c1-9-29-13-17-33-18-14-30-10-2-22-35(21-1)25-27-5-7-28(8-6-27)26-36-23-3-11-31-15-19-34-20-16-32-12-4-24-36/h5-8,29-34H,1-4,9-26H2. The van der Waals surface area contributed by atoms with Gasteiger partial charge in [0, 0.05) is 65.4 Å². The summed E-state index contributed by atoms with van der Waals surface area (Å²) in [5.74, 6) is 0. The SMILES string of the molecule is c1cc(CN2CCCNCCNCCNCCC2)ccc1CN1CCCNCCNCCNCCC1. The van der Waals surface area contributed by atoms with E-state index in [1.807, 2.05) is 0 Å². The molecular formula is C28H54N8. The van der Waals surface area contributed by atoms with Crippen molar-refractivity contribution < 1.29 is 0 Å². The maximum Gasteiger partial charge on any atom is 0.0233 e. The van der Waals surface area contributed by atoms with E-state index < -0.39 is 0 Å². The van der Waals surface area contributed by atoms with Gasteiger partial charge < -0.3 is 31.9 Å². The molecule has 0 aromatic heterocycles. The van der Waals surface area contributed by atoms with Crippen LogP contribution in [0.5, 0.6) is 0 Å². The highest BCUT2D eigenvalue weighted by atomic mass is 15.1. The molecule has 0 spiro atoms. The largest absolute Gasteiger partial charge is 0.315 e. The Kier molecular flexibility index (Phi) is 16.3. The van der Waals surface area contributed by atoms with E-state index in [9.17, 15) is 0 Å². The summed E-state index contributed by atoms with van der Waals surface area (Å²) < 4.78 is 0. The number of nitrogens with one attached hydrogen (secondary N) is 6. The van der Waals surface area contributed by atoms with Gasteiger partial charge in [-0.25, -0.2) is 0 Å². The molecule has 2 aliphatic rings. The first-order valence-electron chi connectivity index (χ1n) is 14.7. The Hall–Kier alpha value is -1.10. The van der Waals surface area contributed by atoms with Crippen molar-refractivity contribution >= 4 is 0 Å². The Morgan fingerprint density at radius 2 is 0.639 bits per heavy atom. The highest BCUT2D eigenvalue weighted by molar-refractivity contribution is 5.22. The maximum atomic E-state index is 3.57. The van der Waals surface area contributed by atoms with Crippen molar-refractivity contribution in [1.29, 1.82) is 0 Å². The average molecular weight is 503 g/mol. The molecule has 2 aliphatic heterocycles. The third kappa shape index (κ3) is 14.0. The molecule has 2 saturated heterocycles. The van der Waals surface area contributed by atoms with E-state index in [0.717, 1.165) is 118 Å². The predicted octanol–water partition coefficient (Wildman–Crippen LogP) is 0.416. The normalized spacial score (nSPS) is 22.9. The minimum Gasteiger partial charge on any atom is -0.315 e. The molecule has 3 rings (SSSR count). The highest BCUT2D eigenvalue weighted by Gasteiger charge is 2.09. The van der Waals surface area contributed by atoms with Gasteiger partial charge in [0.2, 0.25) is 0 Å². The second-order valence-electron chi connectivity index (χ2n) is 10.3. The van der Waals surface area contributed by atoms with E-state index in [0.29, 0.717) is 0 Å². The van der Waals surface area contributed by atoms with Crippen molar-refractivity contribution in [3.05, 3.63) is 35.4 Å². The summed E-state index contributed by atoms with van der Waals surface area (Å²) in [6.07, 6.45) is 4.84. The first-order valence-corrected chi connectivity index (χ1v) is 14.7. The Morgan fingerprint density at radius 1 is 0.389 bits per heavy atom. The molecule has 0 aliphatic carbocycles. The van der Waals surface area contributed by atoms with Crippen LogP contribution in [0.15, 0.2) is 24.3 Å². The van der Waals surface area contributed by atoms with E-state index in [4.69, 9.17) is 0 Å². The van der Waals surface area contributed by atoms with Crippen LogP contribution in [0.3, 0.4) is 0 Å². The molecule has 0 saturated carbocycles. The minimum atomic E-state index is 1.05. The van der Waals surface area contributed by atoms with Crippen LogP contribution in [0.1, 0.15) is 36.8 Å². The highest BCUT2D eigenvalue weighted by Crippen LogP contribution is 2.11. The average Bonchev–Trinajstić information content (AvgIpc) is 2.89. The zero-order valence-corrected chi connectivity index (χ0v) is 22.8. The second kappa shape index (κ2) is 19.9. The van der Waals surface area contributed by atoms with Crippen LogP contribution in [-0.2, 0) is 13.1 Å². The lowest BCUT2D eigenvalue weighted by molar-refractivity contribution is 0.254. The van der Waals surface area contributed by atoms with E-state index in [1.54, 1.807) is 0 Å². The van der Waals surface area contributed by atoms with Gasteiger partial charge in [0.25, 0.3) is 0 Å². The number of benzene rings is 1. The smallest absolute Gasteiger partial charge is 0.0233 e. The predicted molar refractivity (Wildman–Crippen MR) is 153 cm³/mol. The minimum absolute atomic E-state index is 1.05. The molecule has 2 heterocycles. The Morgan fingerprint density at radius 3 is 0.917 bits per heavy atom. The lowest BCUT2D eigenvalue weighted by Crippen LogP contribution is -2.36. The number of hydrogen-bond acceptors (Lipinski definition) is 8. The molecule has 1 aromatic rings. The first-order chi connectivity index (χ1) is 17.9. The van der Waals surface area contributed by atoms with Crippen LogP contribution in [0, 0.1) is 0 Å². The van der Waals surface area contributed by atoms with Crippen LogP contribution in [0.4, 0.5) is 0 Å². The topological polar surface area (TPSA) is 78.7 Å². The van der Waals surface area contributed by atoms with Gasteiger partial charge in [0.15, 0.2) is 0 Å². The molecule has 0 bridgehead atoms. The zero-order chi connectivity index (χ0) is 24.9. The van der Waals surface area contributed by atoms with Gasteiger partial charge in [-0.1, -0.05) is 24.3 Å². The Bertz CT molecular complexity index is 558. The van der Waals surface area contributed by atoms with Crippen LogP contribution >= 0.6 is 0 Å². The summed E-state index contributed by atoms with van der Waals surface area (Å²) in [7, 11) is 0. The van der Waals surface area contributed by atoms with Gasteiger partial charge in [0.05, 0.1) is 0 Å². The summed E-state index contributed by atoms with van der Waals surface area (Å²) in [5.41, 5.74) is 2.88. The summed E-state index contributed by atoms with van der Waals surface area (Å²) in [6, 6.07) is 9.46. The zero-order valence-electron chi connectivity index (χ0n) is 22.8. The fourth-order valence-electron chi connectivity index (χ4n) is 4.97. The molecular weight excluding hydrogens is 448 g/mol. The summed E-state index contributed by atoms with van der Waals surface area (Å²) >= 11 is 0. The molecule has 2 fully saturated rings. The number of nitrogens with zero attached hydrogens (tertiary/aromatic N) is 2. The molecule has 0 unspecified atom stereocenters. The van der Waals surface area contributed by atoms with Crippen LogP contribution < -0.4 is 31.9 Å². The molecule has 1 aromatic carbocycles. The monoisotopic (exact) mass is 502 g/mol. The van der Waals surface area contributed by atoms with Gasteiger partial charge in [-0.3, -0.25) is 9.80 Å². The van der Waals surface area contributed by atoms with Crippen LogP contribution in [0.25, 0.3) is 0 Å². The fraction of sp³-hybridized carbons (Fsp3) is 0.786. The molecule has 0 amide bonds. The lowest BCUT2D eigenvalue weighted by atomic mass is 10.1.